The summed E-state index contributed by atoms with van der Waals surface area (Å²) in [4.78, 5) is 70.1. The van der Waals surface area contributed by atoms with Gasteiger partial charge in [-0.25, -0.2) is 4.79 Å². The number of hydrogen-bond acceptors (Lipinski definition) is 8. The van der Waals surface area contributed by atoms with E-state index in [0.717, 1.165) is 0 Å². The van der Waals surface area contributed by atoms with Crippen molar-refractivity contribution >= 4 is 35.6 Å². The zero-order valence-corrected chi connectivity index (χ0v) is 18.4. The smallest absolute Gasteiger partial charge is 0.326 e. The number of hydrogen-bond donors (Lipinski definition) is 8. The van der Waals surface area contributed by atoms with Crippen LogP contribution in [0.2, 0.25) is 0 Å². The molecule has 0 spiro atoms. The molecule has 188 valence electrons. The van der Waals surface area contributed by atoms with Gasteiger partial charge in [0, 0.05) is 12.8 Å². The van der Waals surface area contributed by atoms with Crippen molar-refractivity contribution in [3.8, 4) is 0 Å². The Morgan fingerprint density at radius 3 is 1.61 bits per heavy atom. The highest BCUT2D eigenvalue weighted by atomic mass is 16.4. The Morgan fingerprint density at radius 2 is 1.18 bits per heavy atom. The second-order valence-electron chi connectivity index (χ2n) is 7.48. The van der Waals surface area contributed by atoms with Crippen LogP contribution < -0.4 is 21.7 Å². The number of aliphatic carboxylic acids is 3. The average Bonchev–Trinajstić information content (AvgIpc) is 2.75. The first-order chi connectivity index (χ1) is 15.3. The molecule has 0 aromatic carbocycles. The van der Waals surface area contributed by atoms with Gasteiger partial charge in [0.1, 0.15) is 18.1 Å². The zero-order valence-electron chi connectivity index (χ0n) is 18.4. The van der Waals surface area contributed by atoms with Gasteiger partial charge in [-0.3, -0.25) is 24.0 Å². The summed E-state index contributed by atoms with van der Waals surface area (Å²) in [5.41, 5.74) is 5.82. The first-order valence-electron chi connectivity index (χ1n) is 10.3. The molecular weight excluding hydrogens is 444 g/mol. The summed E-state index contributed by atoms with van der Waals surface area (Å²) >= 11 is 0. The summed E-state index contributed by atoms with van der Waals surface area (Å²) in [6.45, 7) is 2.57. The quantitative estimate of drug-likeness (QED) is 0.117. The van der Waals surface area contributed by atoms with E-state index < -0.39 is 85.7 Å². The third kappa shape index (κ3) is 11.2. The maximum Gasteiger partial charge on any atom is 0.326 e. The molecular formula is C19H32N4O10. The van der Waals surface area contributed by atoms with Crippen molar-refractivity contribution in [1.29, 1.82) is 0 Å². The number of rotatable bonds is 16. The standard InChI is InChI=1S/C19H32N4O10/c1-3-9(2)15(20)18(31)21-10(4-6-13(25)26)16(29)23-12(8-24)17(30)22-11(19(32)33)5-7-14(27)28/h9-12,15,24H,3-8,20H2,1-2H3,(H,21,31)(H,22,30)(H,23,29)(H,25,26)(H,27,28)(H,32,33)/t9-,10-,11-,12-,15-/m0/s1. The fourth-order valence-electron chi connectivity index (χ4n) is 2.58. The number of carbonyl (C=O) groups is 6. The Kier molecular flexibility index (Phi) is 13.3. The zero-order chi connectivity index (χ0) is 25.7. The highest BCUT2D eigenvalue weighted by Gasteiger charge is 2.31. The van der Waals surface area contributed by atoms with Gasteiger partial charge in [0.05, 0.1) is 12.6 Å². The Bertz CT molecular complexity index is 729. The number of aliphatic hydroxyl groups is 1. The first kappa shape index (κ1) is 29.7. The molecule has 0 saturated carbocycles. The molecule has 0 unspecified atom stereocenters. The molecule has 3 amide bonds. The van der Waals surface area contributed by atoms with Crippen molar-refractivity contribution in [2.75, 3.05) is 6.61 Å². The maximum atomic E-state index is 12.6. The van der Waals surface area contributed by atoms with Crippen LogP contribution in [0.3, 0.4) is 0 Å². The second-order valence-corrected chi connectivity index (χ2v) is 7.48. The lowest BCUT2D eigenvalue weighted by molar-refractivity contribution is -0.143. The molecule has 5 atom stereocenters. The van der Waals surface area contributed by atoms with Crippen LogP contribution in [0.25, 0.3) is 0 Å². The van der Waals surface area contributed by atoms with Gasteiger partial charge in [0.25, 0.3) is 0 Å². The molecule has 0 radical (unpaired) electrons. The predicted molar refractivity (Wildman–Crippen MR) is 112 cm³/mol. The van der Waals surface area contributed by atoms with Gasteiger partial charge < -0.3 is 42.1 Å². The van der Waals surface area contributed by atoms with Crippen LogP contribution in [0.1, 0.15) is 46.0 Å². The van der Waals surface area contributed by atoms with Crippen molar-refractivity contribution in [2.24, 2.45) is 11.7 Å². The van der Waals surface area contributed by atoms with Gasteiger partial charge in [-0.15, -0.1) is 0 Å². The van der Waals surface area contributed by atoms with Gasteiger partial charge in [-0.05, 0) is 18.8 Å². The van der Waals surface area contributed by atoms with Gasteiger partial charge in [0.2, 0.25) is 17.7 Å². The highest BCUT2D eigenvalue weighted by Crippen LogP contribution is 2.07. The molecule has 0 heterocycles. The number of aliphatic hydroxyl groups excluding tert-OH is 1. The first-order valence-corrected chi connectivity index (χ1v) is 10.3. The Balaban J connectivity index is 5.34. The summed E-state index contributed by atoms with van der Waals surface area (Å²) in [5.74, 6) is -7.08. The molecule has 0 aromatic rings. The minimum absolute atomic E-state index is 0.233. The lowest BCUT2D eigenvalue weighted by Gasteiger charge is -2.25. The van der Waals surface area contributed by atoms with Crippen molar-refractivity contribution in [3.05, 3.63) is 0 Å². The normalized spacial score (nSPS) is 15.3. The molecule has 33 heavy (non-hydrogen) atoms. The largest absolute Gasteiger partial charge is 0.481 e. The molecule has 0 fully saturated rings. The van der Waals surface area contributed by atoms with Gasteiger partial charge in [-0.1, -0.05) is 20.3 Å². The van der Waals surface area contributed by atoms with E-state index in [1.807, 2.05) is 5.32 Å². The van der Waals surface area contributed by atoms with Gasteiger partial charge >= 0.3 is 17.9 Å². The van der Waals surface area contributed by atoms with Crippen LogP contribution in [0.5, 0.6) is 0 Å². The third-order valence-corrected chi connectivity index (χ3v) is 4.92. The summed E-state index contributed by atoms with van der Waals surface area (Å²) < 4.78 is 0. The van der Waals surface area contributed by atoms with E-state index >= 15 is 0 Å². The number of carboxylic acids is 3. The van der Waals surface area contributed by atoms with Crippen LogP contribution in [-0.4, -0.2) is 86.8 Å². The number of nitrogens with one attached hydrogen (secondary N) is 3. The Labute approximate surface area is 189 Å². The molecule has 0 rings (SSSR count). The van der Waals surface area contributed by atoms with Crippen molar-refractivity contribution in [1.82, 2.24) is 16.0 Å². The third-order valence-electron chi connectivity index (χ3n) is 4.92. The number of carboxylic acid groups (broad SMARTS) is 3. The average molecular weight is 476 g/mol. The summed E-state index contributed by atoms with van der Waals surface area (Å²) in [6, 6.07) is -5.60. The Hall–Kier alpha value is -3.26. The fraction of sp³-hybridized carbons (Fsp3) is 0.684. The fourth-order valence-corrected chi connectivity index (χ4v) is 2.58. The van der Waals surface area contributed by atoms with E-state index in [-0.39, 0.29) is 12.3 Å². The molecule has 14 heteroatoms. The topological polar surface area (TPSA) is 245 Å². The van der Waals surface area contributed by atoms with Crippen LogP contribution in [0.4, 0.5) is 0 Å². The monoisotopic (exact) mass is 476 g/mol. The van der Waals surface area contributed by atoms with E-state index in [4.69, 9.17) is 21.1 Å². The van der Waals surface area contributed by atoms with Crippen molar-refractivity contribution < 1.29 is 49.2 Å². The number of carbonyl (C=O) groups excluding carboxylic acids is 3. The molecule has 0 aliphatic heterocycles. The van der Waals surface area contributed by atoms with Crippen LogP contribution >= 0.6 is 0 Å². The minimum atomic E-state index is -1.64. The molecule has 0 aromatic heterocycles. The van der Waals surface area contributed by atoms with Gasteiger partial charge in [0.15, 0.2) is 0 Å². The van der Waals surface area contributed by atoms with Crippen LogP contribution in [0.15, 0.2) is 0 Å². The highest BCUT2D eigenvalue weighted by molar-refractivity contribution is 5.94. The molecule has 0 saturated heterocycles. The lowest BCUT2D eigenvalue weighted by Crippen LogP contribution is -2.58. The molecule has 9 N–H and O–H groups in total. The molecule has 14 nitrogen and oxygen atoms in total. The van der Waals surface area contributed by atoms with E-state index in [2.05, 4.69) is 10.6 Å². The molecule has 0 bridgehead atoms. The predicted octanol–water partition coefficient (Wildman–Crippen LogP) is -2.38. The maximum absolute atomic E-state index is 12.6. The molecule has 0 aliphatic carbocycles. The van der Waals surface area contributed by atoms with Crippen LogP contribution in [-0.2, 0) is 28.8 Å². The van der Waals surface area contributed by atoms with E-state index in [0.29, 0.717) is 6.42 Å². The number of nitrogens with two attached hydrogens (primary N) is 1. The SMILES string of the molecule is CC[C@H](C)[C@H](N)C(=O)N[C@@H](CCC(=O)O)C(=O)N[C@@H](CO)C(=O)N[C@@H](CCC(=O)O)C(=O)O. The summed E-state index contributed by atoms with van der Waals surface area (Å²) in [7, 11) is 0. The van der Waals surface area contributed by atoms with E-state index in [9.17, 15) is 33.9 Å². The Morgan fingerprint density at radius 1 is 0.758 bits per heavy atom. The lowest BCUT2D eigenvalue weighted by atomic mass is 9.98. The number of amides is 3. The summed E-state index contributed by atoms with van der Waals surface area (Å²) in [5, 5.41) is 42.7. The van der Waals surface area contributed by atoms with Gasteiger partial charge in [-0.2, -0.15) is 0 Å². The van der Waals surface area contributed by atoms with Crippen molar-refractivity contribution in [2.45, 2.75) is 70.1 Å². The second kappa shape index (κ2) is 14.7. The van der Waals surface area contributed by atoms with Crippen LogP contribution in [0, 0.1) is 5.92 Å². The van der Waals surface area contributed by atoms with Crippen molar-refractivity contribution in [3.63, 3.8) is 0 Å². The summed E-state index contributed by atoms with van der Waals surface area (Å²) in [6.07, 6.45) is -1.25. The minimum Gasteiger partial charge on any atom is -0.481 e. The molecule has 0 aliphatic rings. The van der Waals surface area contributed by atoms with E-state index in [1.165, 1.54) is 0 Å². The van der Waals surface area contributed by atoms with E-state index in [1.54, 1.807) is 13.8 Å².